The molecular weight excluding hydrogens is 344 g/mol. The number of imide groups is 1. The van der Waals surface area contributed by atoms with E-state index in [0.717, 1.165) is 11.1 Å². The number of rotatable bonds is 7. The van der Waals surface area contributed by atoms with Crippen molar-refractivity contribution in [2.75, 3.05) is 6.54 Å². The molecule has 3 rings (SSSR count). The Morgan fingerprint density at radius 3 is 2.07 bits per heavy atom. The number of benzene rings is 2. The number of nitrogens with one attached hydrogen (secondary N) is 1. The molecule has 140 valence electrons. The summed E-state index contributed by atoms with van der Waals surface area (Å²) in [6.07, 6.45) is 0.391. The van der Waals surface area contributed by atoms with Gasteiger partial charge < -0.3 is 10.1 Å². The van der Waals surface area contributed by atoms with E-state index in [1.165, 1.54) is 4.90 Å². The lowest BCUT2D eigenvalue weighted by molar-refractivity contribution is -0.138. The number of nitrogens with zero attached hydrogens (tertiary/aromatic N) is 1. The van der Waals surface area contributed by atoms with Gasteiger partial charge in [-0.1, -0.05) is 60.7 Å². The standard InChI is InChI=1S/C21H22N2O4/c24-19-11-12-20(25)23(19)14-18(13-16-7-3-1-4-8-16)22-21(26)27-15-17-9-5-2-6-10-17/h1-10,18H,11-15H2,(H,22,26). The molecule has 6 heteroatoms. The molecule has 1 saturated heterocycles. The monoisotopic (exact) mass is 366 g/mol. The smallest absolute Gasteiger partial charge is 0.407 e. The number of alkyl carbamates (subject to hydrolysis) is 1. The second-order valence-corrected chi connectivity index (χ2v) is 6.49. The van der Waals surface area contributed by atoms with Gasteiger partial charge in [0.25, 0.3) is 0 Å². The zero-order valence-corrected chi connectivity index (χ0v) is 15.0. The molecule has 1 aliphatic heterocycles. The predicted molar refractivity (Wildman–Crippen MR) is 99.7 cm³/mol. The molecule has 27 heavy (non-hydrogen) atoms. The Bertz CT molecular complexity index is 776. The summed E-state index contributed by atoms with van der Waals surface area (Å²) in [6, 6.07) is 18.6. The molecule has 1 N–H and O–H groups in total. The molecule has 6 nitrogen and oxygen atoms in total. The summed E-state index contributed by atoms with van der Waals surface area (Å²) in [5.74, 6) is -0.393. The number of carbonyl (C=O) groups excluding carboxylic acids is 3. The number of hydrogen-bond donors (Lipinski definition) is 1. The van der Waals surface area contributed by atoms with Gasteiger partial charge >= 0.3 is 6.09 Å². The largest absolute Gasteiger partial charge is 0.445 e. The lowest BCUT2D eigenvalue weighted by Crippen LogP contribution is -2.46. The van der Waals surface area contributed by atoms with Crippen LogP contribution in [0.1, 0.15) is 24.0 Å². The maximum absolute atomic E-state index is 12.2. The Hall–Kier alpha value is -3.15. The lowest BCUT2D eigenvalue weighted by atomic mass is 10.1. The van der Waals surface area contributed by atoms with Gasteiger partial charge in [-0.2, -0.15) is 0 Å². The summed E-state index contributed by atoms with van der Waals surface area (Å²) < 4.78 is 5.28. The van der Waals surface area contributed by atoms with Crippen molar-refractivity contribution >= 4 is 17.9 Å². The van der Waals surface area contributed by atoms with Crippen LogP contribution in [0.5, 0.6) is 0 Å². The van der Waals surface area contributed by atoms with E-state index in [0.29, 0.717) is 6.42 Å². The van der Waals surface area contributed by atoms with E-state index in [9.17, 15) is 14.4 Å². The minimum Gasteiger partial charge on any atom is -0.445 e. The van der Waals surface area contributed by atoms with Crippen molar-refractivity contribution in [2.45, 2.75) is 31.9 Å². The molecule has 1 fully saturated rings. The summed E-state index contributed by atoms with van der Waals surface area (Å²) >= 11 is 0. The quantitative estimate of drug-likeness (QED) is 0.765. The highest BCUT2D eigenvalue weighted by atomic mass is 16.5. The third-order valence-electron chi connectivity index (χ3n) is 4.42. The third kappa shape index (κ3) is 5.41. The van der Waals surface area contributed by atoms with Crippen LogP contribution >= 0.6 is 0 Å². The second kappa shape index (κ2) is 8.98. The molecule has 1 aliphatic rings. The van der Waals surface area contributed by atoms with Gasteiger partial charge in [-0.25, -0.2) is 4.79 Å². The molecule has 3 amide bonds. The first-order chi connectivity index (χ1) is 13.1. The van der Waals surface area contributed by atoms with E-state index in [1.54, 1.807) is 0 Å². The summed E-state index contributed by atoms with van der Waals surface area (Å²) in [4.78, 5) is 37.3. The highest BCUT2D eigenvalue weighted by Crippen LogP contribution is 2.14. The van der Waals surface area contributed by atoms with Crippen LogP contribution in [-0.2, 0) is 27.4 Å². The van der Waals surface area contributed by atoms with Gasteiger partial charge in [-0.15, -0.1) is 0 Å². The van der Waals surface area contributed by atoms with Crippen LogP contribution < -0.4 is 5.32 Å². The number of hydrogen-bond acceptors (Lipinski definition) is 4. The van der Waals surface area contributed by atoms with Gasteiger partial charge in [0.1, 0.15) is 6.61 Å². The fraction of sp³-hybridized carbons (Fsp3) is 0.286. The maximum atomic E-state index is 12.2. The molecule has 1 heterocycles. The maximum Gasteiger partial charge on any atom is 0.407 e. The highest BCUT2D eigenvalue weighted by Gasteiger charge is 2.31. The van der Waals surface area contributed by atoms with Crippen molar-refractivity contribution < 1.29 is 19.1 Å². The zero-order chi connectivity index (χ0) is 19.1. The van der Waals surface area contributed by atoms with E-state index in [1.807, 2.05) is 60.7 Å². The third-order valence-corrected chi connectivity index (χ3v) is 4.42. The van der Waals surface area contributed by atoms with Crippen LogP contribution in [0.15, 0.2) is 60.7 Å². The Kier molecular flexibility index (Phi) is 6.20. The Morgan fingerprint density at radius 2 is 1.48 bits per heavy atom. The van der Waals surface area contributed by atoms with Crippen LogP contribution in [0.25, 0.3) is 0 Å². The normalized spacial score (nSPS) is 14.9. The number of amides is 3. The van der Waals surface area contributed by atoms with Gasteiger partial charge in [0.2, 0.25) is 11.8 Å². The van der Waals surface area contributed by atoms with Crippen LogP contribution in [0.2, 0.25) is 0 Å². The Morgan fingerprint density at radius 1 is 0.926 bits per heavy atom. The molecule has 0 bridgehead atoms. The van der Waals surface area contributed by atoms with Gasteiger partial charge in [-0.05, 0) is 17.5 Å². The van der Waals surface area contributed by atoms with E-state index < -0.39 is 12.1 Å². The van der Waals surface area contributed by atoms with Crippen molar-refractivity contribution in [3.8, 4) is 0 Å². The van der Waals surface area contributed by atoms with E-state index >= 15 is 0 Å². The van der Waals surface area contributed by atoms with Gasteiger partial charge in [0, 0.05) is 19.4 Å². The molecule has 2 aromatic carbocycles. The van der Waals surface area contributed by atoms with Crippen LogP contribution in [0.4, 0.5) is 4.79 Å². The van der Waals surface area contributed by atoms with Crippen molar-refractivity contribution in [2.24, 2.45) is 0 Å². The molecule has 0 saturated carbocycles. The molecule has 0 aromatic heterocycles. The Labute approximate surface area is 158 Å². The van der Waals surface area contributed by atoms with Crippen molar-refractivity contribution in [3.63, 3.8) is 0 Å². The predicted octanol–water partition coefficient (Wildman–Crippen LogP) is 2.67. The number of likely N-dealkylation sites (tertiary alicyclic amines) is 1. The first-order valence-electron chi connectivity index (χ1n) is 8.96. The molecule has 1 unspecified atom stereocenters. The fourth-order valence-electron chi connectivity index (χ4n) is 3.04. The van der Waals surface area contributed by atoms with Crippen LogP contribution in [-0.4, -0.2) is 35.4 Å². The van der Waals surface area contributed by atoms with Crippen molar-refractivity contribution in [1.82, 2.24) is 10.2 Å². The van der Waals surface area contributed by atoms with E-state index in [-0.39, 0.29) is 37.8 Å². The van der Waals surface area contributed by atoms with Crippen molar-refractivity contribution in [3.05, 3.63) is 71.8 Å². The van der Waals surface area contributed by atoms with Gasteiger partial charge in [0.15, 0.2) is 0 Å². The molecule has 0 radical (unpaired) electrons. The van der Waals surface area contributed by atoms with Gasteiger partial charge in [-0.3, -0.25) is 14.5 Å². The fourth-order valence-corrected chi connectivity index (χ4v) is 3.04. The van der Waals surface area contributed by atoms with E-state index in [4.69, 9.17) is 4.74 Å². The number of ether oxygens (including phenoxy) is 1. The topological polar surface area (TPSA) is 75.7 Å². The minimum absolute atomic E-state index is 0.146. The van der Waals surface area contributed by atoms with Crippen LogP contribution in [0.3, 0.4) is 0 Å². The average Bonchev–Trinajstić information content (AvgIpc) is 3.00. The van der Waals surface area contributed by atoms with Gasteiger partial charge in [0.05, 0.1) is 6.04 Å². The lowest BCUT2D eigenvalue weighted by Gasteiger charge is -2.23. The Balaban J connectivity index is 1.62. The summed E-state index contributed by atoms with van der Waals surface area (Å²) in [7, 11) is 0. The number of carbonyl (C=O) groups is 3. The molecule has 1 atom stereocenters. The molecule has 0 aliphatic carbocycles. The van der Waals surface area contributed by atoms with Crippen molar-refractivity contribution in [1.29, 1.82) is 0 Å². The second-order valence-electron chi connectivity index (χ2n) is 6.49. The minimum atomic E-state index is -0.570. The van der Waals surface area contributed by atoms with Crippen LogP contribution in [0, 0.1) is 0 Å². The first-order valence-corrected chi connectivity index (χ1v) is 8.96. The zero-order valence-electron chi connectivity index (χ0n) is 15.0. The highest BCUT2D eigenvalue weighted by molar-refractivity contribution is 6.02. The SMILES string of the molecule is O=C(NC(Cc1ccccc1)CN1C(=O)CCC1=O)OCc1ccccc1. The summed E-state index contributed by atoms with van der Waals surface area (Å²) in [5, 5.41) is 2.80. The van der Waals surface area contributed by atoms with E-state index in [2.05, 4.69) is 5.32 Å². The summed E-state index contributed by atoms with van der Waals surface area (Å²) in [5.41, 5.74) is 1.89. The average molecular weight is 366 g/mol. The summed E-state index contributed by atoms with van der Waals surface area (Å²) in [6.45, 7) is 0.305. The first kappa shape index (κ1) is 18.6. The molecule has 2 aromatic rings. The molecular formula is C21H22N2O4. The molecule has 0 spiro atoms.